The van der Waals surface area contributed by atoms with Crippen molar-refractivity contribution in [3.63, 3.8) is 0 Å². The summed E-state index contributed by atoms with van der Waals surface area (Å²) in [7, 11) is 3.92. The minimum absolute atomic E-state index is 0. The molecule has 0 amide bonds. The number of hydrogen-bond donors (Lipinski definition) is 1. The molecule has 0 spiro atoms. The minimum atomic E-state index is 0. The number of likely N-dealkylation sites (N-methyl/N-ethyl adjacent to an activating group) is 1. The van der Waals surface area contributed by atoms with Crippen LogP contribution in [-0.2, 0) is 19.3 Å². The van der Waals surface area contributed by atoms with E-state index in [-0.39, 0.29) is 24.0 Å². The van der Waals surface area contributed by atoms with Crippen molar-refractivity contribution >= 4 is 52.6 Å². The fraction of sp³-hybridized carbons (Fsp3) is 0.500. The number of aliphatic imine (C=N–C) groups is 1. The van der Waals surface area contributed by atoms with E-state index in [1.165, 1.54) is 14.8 Å². The largest absolute Gasteiger partial charge is 0.356 e. The first-order valence-electron chi connectivity index (χ1n) is 7.60. The lowest BCUT2D eigenvalue weighted by atomic mass is 10.3. The fourth-order valence-electron chi connectivity index (χ4n) is 2.13. The Morgan fingerprint density at radius 3 is 2.78 bits per heavy atom. The van der Waals surface area contributed by atoms with Crippen molar-refractivity contribution in [2.75, 3.05) is 27.2 Å². The smallest absolute Gasteiger partial charge is 0.193 e. The van der Waals surface area contributed by atoms with Crippen LogP contribution in [0.1, 0.15) is 21.7 Å². The molecule has 0 unspecified atom stereocenters. The number of nitrogens with one attached hydrogen (secondary N) is 1. The van der Waals surface area contributed by atoms with Crippen LogP contribution in [0.25, 0.3) is 0 Å². The number of halogens is 1. The van der Waals surface area contributed by atoms with Gasteiger partial charge in [-0.25, -0.2) is 4.98 Å². The van der Waals surface area contributed by atoms with Crippen LogP contribution < -0.4 is 5.32 Å². The molecular formula is C16H25IN4S2. The first-order chi connectivity index (χ1) is 10.7. The van der Waals surface area contributed by atoms with Gasteiger partial charge in [0.15, 0.2) is 5.96 Å². The molecule has 2 heterocycles. The number of aromatic nitrogens is 1. The molecule has 23 heavy (non-hydrogen) atoms. The van der Waals surface area contributed by atoms with E-state index in [1.807, 2.05) is 24.6 Å². The van der Waals surface area contributed by atoms with Crippen LogP contribution in [0, 0.1) is 0 Å². The number of guanidine groups is 1. The molecule has 0 aliphatic heterocycles. The summed E-state index contributed by atoms with van der Waals surface area (Å²) in [5.74, 6) is 0.948. The van der Waals surface area contributed by atoms with Crippen LogP contribution in [0.4, 0.5) is 0 Å². The van der Waals surface area contributed by atoms with E-state index in [0.29, 0.717) is 0 Å². The Morgan fingerprint density at radius 1 is 1.35 bits per heavy atom. The first-order valence-corrected chi connectivity index (χ1v) is 9.30. The summed E-state index contributed by atoms with van der Waals surface area (Å²) in [6, 6.07) is 4.29. The molecule has 7 heteroatoms. The maximum atomic E-state index is 4.45. The molecule has 0 saturated carbocycles. The normalized spacial score (nSPS) is 11.2. The molecule has 1 N–H and O–H groups in total. The van der Waals surface area contributed by atoms with Gasteiger partial charge >= 0.3 is 0 Å². The molecule has 0 fully saturated rings. The number of hydrogen-bond acceptors (Lipinski definition) is 4. The zero-order valence-corrected chi connectivity index (χ0v) is 17.9. The maximum Gasteiger partial charge on any atom is 0.193 e. The first kappa shape index (κ1) is 20.4. The van der Waals surface area contributed by atoms with Gasteiger partial charge < -0.3 is 10.2 Å². The molecular weight excluding hydrogens is 439 g/mol. The summed E-state index contributed by atoms with van der Waals surface area (Å²) < 4.78 is 0. The zero-order chi connectivity index (χ0) is 15.8. The van der Waals surface area contributed by atoms with Crippen molar-refractivity contribution in [3.05, 3.63) is 38.5 Å². The maximum absolute atomic E-state index is 4.45. The van der Waals surface area contributed by atoms with Crippen molar-refractivity contribution in [1.82, 2.24) is 15.2 Å². The van der Waals surface area contributed by atoms with Gasteiger partial charge in [-0.1, -0.05) is 13.0 Å². The number of rotatable bonds is 7. The van der Waals surface area contributed by atoms with Gasteiger partial charge in [-0.3, -0.25) is 4.99 Å². The fourth-order valence-corrected chi connectivity index (χ4v) is 3.69. The molecule has 0 aliphatic rings. The summed E-state index contributed by atoms with van der Waals surface area (Å²) >= 11 is 3.62. The third-order valence-corrected chi connectivity index (χ3v) is 5.56. The van der Waals surface area contributed by atoms with Gasteiger partial charge in [0.1, 0.15) is 0 Å². The van der Waals surface area contributed by atoms with Crippen molar-refractivity contribution in [2.45, 2.75) is 26.2 Å². The summed E-state index contributed by atoms with van der Waals surface area (Å²) in [6.07, 6.45) is 5.06. The Labute approximate surface area is 164 Å². The molecule has 4 nitrogen and oxygen atoms in total. The van der Waals surface area contributed by atoms with Gasteiger partial charge in [0, 0.05) is 49.6 Å². The monoisotopic (exact) mass is 464 g/mol. The van der Waals surface area contributed by atoms with Gasteiger partial charge in [0.05, 0.1) is 5.01 Å². The average molecular weight is 464 g/mol. The highest BCUT2D eigenvalue weighted by atomic mass is 127. The minimum Gasteiger partial charge on any atom is -0.356 e. The average Bonchev–Trinajstić information content (AvgIpc) is 3.20. The Balaban J connectivity index is 0.00000264. The van der Waals surface area contributed by atoms with E-state index in [2.05, 4.69) is 51.7 Å². The van der Waals surface area contributed by atoms with Crippen LogP contribution in [0.5, 0.6) is 0 Å². The zero-order valence-electron chi connectivity index (χ0n) is 13.9. The molecule has 128 valence electrons. The third-order valence-electron chi connectivity index (χ3n) is 3.42. The predicted molar refractivity (Wildman–Crippen MR) is 113 cm³/mol. The summed E-state index contributed by atoms with van der Waals surface area (Å²) in [6.45, 7) is 4.00. The molecule has 0 saturated heterocycles. The van der Waals surface area contributed by atoms with E-state index in [9.17, 15) is 0 Å². The second-order valence-corrected chi connectivity index (χ2v) is 7.28. The topological polar surface area (TPSA) is 40.5 Å². The Hall–Kier alpha value is -0.670. The van der Waals surface area contributed by atoms with Crippen LogP contribution >= 0.6 is 46.7 Å². The van der Waals surface area contributed by atoms with Crippen LogP contribution in [0.15, 0.2) is 28.7 Å². The molecule has 0 aromatic carbocycles. The van der Waals surface area contributed by atoms with E-state index in [0.717, 1.165) is 38.3 Å². The van der Waals surface area contributed by atoms with Crippen LogP contribution in [0.2, 0.25) is 0 Å². The quantitative estimate of drug-likeness (QED) is 0.386. The third kappa shape index (κ3) is 6.76. The lowest BCUT2D eigenvalue weighted by Crippen LogP contribution is -2.40. The van der Waals surface area contributed by atoms with Crippen molar-refractivity contribution in [2.24, 2.45) is 4.99 Å². The molecule has 2 aromatic heterocycles. The second-order valence-electron chi connectivity index (χ2n) is 5.05. The van der Waals surface area contributed by atoms with Gasteiger partial charge in [-0.15, -0.1) is 46.7 Å². The van der Waals surface area contributed by atoms with Gasteiger partial charge in [-0.2, -0.15) is 0 Å². The molecule has 0 bridgehead atoms. The highest BCUT2D eigenvalue weighted by Crippen LogP contribution is 2.13. The van der Waals surface area contributed by atoms with E-state index < -0.39 is 0 Å². The highest BCUT2D eigenvalue weighted by Gasteiger charge is 2.07. The Bertz CT molecular complexity index is 581. The van der Waals surface area contributed by atoms with Gasteiger partial charge in [0.25, 0.3) is 0 Å². The van der Waals surface area contributed by atoms with Crippen LogP contribution in [-0.4, -0.2) is 43.0 Å². The highest BCUT2D eigenvalue weighted by molar-refractivity contribution is 14.0. The number of nitrogens with zero attached hydrogens (tertiary/aromatic N) is 3. The van der Waals surface area contributed by atoms with E-state index in [1.54, 1.807) is 11.3 Å². The lowest BCUT2D eigenvalue weighted by molar-refractivity contribution is 0.487. The Kier molecular flexibility index (Phi) is 9.73. The van der Waals surface area contributed by atoms with Crippen molar-refractivity contribution in [1.29, 1.82) is 0 Å². The van der Waals surface area contributed by atoms with Crippen LogP contribution in [0.3, 0.4) is 0 Å². The molecule has 0 aliphatic carbocycles. The van der Waals surface area contributed by atoms with Gasteiger partial charge in [-0.05, 0) is 24.3 Å². The number of thiazole rings is 1. The molecule has 0 atom stereocenters. The summed E-state index contributed by atoms with van der Waals surface area (Å²) in [5, 5.41) is 6.74. The van der Waals surface area contributed by atoms with E-state index >= 15 is 0 Å². The summed E-state index contributed by atoms with van der Waals surface area (Å²) in [4.78, 5) is 13.8. The SMILES string of the molecule is CCc1cnc(CCNC(=NC)N(C)CCc2cccs2)s1.I. The molecule has 2 rings (SSSR count). The number of aryl methyl sites for hydroxylation is 1. The van der Waals surface area contributed by atoms with Crippen molar-refractivity contribution < 1.29 is 0 Å². The second kappa shape index (κ2) is 11.0. The van der Waals surface area contributed by atoms with Crippen molar-refractivity contribution in [3.8, 4) is 0 Å². The molecule has 0 radical (unpaired) electrons. The van der Waals surface area contributed by atoms with Gasteiger partial charge in [0.2, 0.25) is 0 Å². The van der Waals surface area contributed by atoms with E-state index in [4.69, 9.17) is 0 Å². The summed E-state index contributed by atoms with van der Waals surface area (Å²) in [5.41, 5.74) is 0. The standard InChI is InChI=1S/C16H24N4S2.HI/c1-4-13-12-19-15(22-13)7-9-18-16(17-2)20(3)10-8-14-6-5-11-21-14;/h5-6,11-12H,4,7-10H2,1-3H3,(H,17,18);1H. The Morgan fingerprint density at radius 2 is 2.17 bits per heavy atom. The lowest BCUT2D eigenvalue weighted by Gasteiger charge is -2.21. The molecule has 2 aromatic rings. The predicted octanol–water partition coefficient (Wildman–Crippen LogP) is 3.68. The number of thiophene rings is 1.